The summed E-state index contributed by atoms with van der Waals surface area (Å²) in [5.41, 5.74) is 1.74. The van der Waals surface area contributed by atoms with Crippen molar-refractivity contribution in [2.45, 2.75) is 12.8 Å². The minimum absolute atomic E-state index is 0.0937. The van der Waals surface area contributed by atoms with Crippen molar-refractivity contribution in [2.24, 2.45) is 7.05 Å². The van der Waals surface area contributed by atoms with E-state index in [1.54, 1.807) is 6.07 Å². The molecule has 0 atom stereocenters. The van der Waals surface area contributed by atoms with Crippen LogP contribution in [0.1, 0.15) is 12.0 Å². The number of rotatable bonds is 3. The first-order chi connectivity index (χ1) is 7.58. The van der Waals surface area contributed by atoms with Crippen LogP contribution in [0.2, 0.25) is 0 Å². The van der Waals surface area contributed by atoms with Crippen molar-refractivity contribution >= 4 is 16.9 Å². The summed E-state index contributed by atoms with van der Waals surface area (Å²) in [6.07, 6.45) is 2.42. The largest absolute Gasteiger partial charge is 0.481 e. The van der Waals surface area contributed by atoms with Crippen LogP contribution in [0.4, 0.5) is 4.39 Å². The fraction of sp³-hybridized carbons (Fsp3) is 0.250. The second kappa shape index (κ2) is 3.96. The van der Waals surface area contributed by atoms with Gasteiger partial charge in [-0.25, -0.2) is 4.39 Å². The highest BCUT2D eigenvalue weighted by Gasteiger charge is 2.08. The summed E-state index contributed by atoms with van der Waals surface area (Å²) in [6.45, 7) is 0. The van der Waals surface area contributed by atoms with Crippen molar-refractivity contribution < 1.29 is 14.3 Å². The summed E-state index contributed by atoms with van der Waals surface area (Å²) in [5, 5.41) is 9.55. The van der Waals surface area contributed by atoms with Gasteiger partial charge in [0, 0.05) is 25.1 Å². The normalized spacial score (nSPS) is 10.9. The van der Waals surface area contributed by atoms with Gasteiger partial charge in [0.15, 0.2) is 0 Å². The van der Waals surface area contributed by atoms with Gasteiger partial charge in [-0.3, -0.25) is 4.79 Å². The van der Waals surface area contributed by atoms with Gasteiger partial charge in [0.25, 0.3) is 0 Å². The third-order valence-corrected chi connectivity index (χ3v) is 2.64. The van der Waals surface area contributed by atoms with Crippen LogP contribution in [0.5, 0.6) is 0 Å². The Morgan fingerprint density at radius 3 is 2.94 bits per heavy atom. The van der Waals surface area contributed by atoms with Crippen LogP contribution in [0, 0.1) is 5.82 Å². The maximum Gasteiger partial charge on any atom is 0.303 e. The Balaban J connectivity index is 2.43. The quantitative estimate of drug-likeness (QED) is 0.864. The lowest BCUT2D eigenvalue weighted by Gasteiger charge is -1.96. The van der Waals surface area contributed by atoms with E-state index in [-0.39, 0.29) is 12.2 Å². The molecule has 0 aliphatic carbocycles. The second-order valence-electron chi connectivity index (χ2n) is 3.82. The molecule has 2 aromatic rings. The Hall–Kier alpha value is -1.84. The number of aryl methyl sites for hydroxylation is 2. The van der Waals surface area contributed by atoms with Gasteiger partial charge in [0.05, 0.1) is 5.52 Å². The van der Waals surface area contributed by atoms with Crippen LogP contribution in [0.3, 0.4) is 0 Å². The molecule has 2 rings (SSSR count). The molecule has 0 spiro atoms. The van der Waals surface area contributed by atoms with E-state index in [1.165, 1.54) is 12.1 Å². The summed E-state index contributed by atoms with van der Waals surface area (Å²) < 4.78 is 14.8. The van der Waals surface area contributed by atoms with E-state index >= 15 is 0 Å². The van der Waals surface area contributed by atoms with Crippen molar-refractivity contribution in [3.05, 3.63) is 35.8 Å². The third-order valence-electron chi connectivity index (χ3n) is 2.64. The number of aromatic nitrogens is 1. The maximum absolute atomic E-state index is 13.0. The van der Waals surface area contributed by atoms with Crippen molar-refractivity contribution in [1.29, 1.82) is 0 Å². The molecule has 84 valence electrons. The molecule has 0 amide bonds. The van der Waals surface area contributed by atoms with Gasteiger partial charge in [-0.05, 0) is 30.2 Å². The maximum atomic E-state index is 13.0. The van der Waals surface area contributed by atoms with Crippen LogP contribution < -0.4 is 0 Å². The van der Waals surface area contributed by atoms with Gasteiger partial charge in [-0.2, -0.15) is 0 Å². The molecule has 0 aliphatic rings. The number of carbonyl (C=O) groups is 1. The van der Waals surface area contributed by atoms with Crippen LogP contribution in [-0.4, -0.2) is 15.6 Å². The Morgan fingerprint density at radius 1 is 1.50 bits per heavy atom. The number of hydrogen-bond acceptors (Lipinski definition) is 1. The SMILES string of the molecule is Cn1cc(CCC(=O)O)c2ccc(F)cc21. The van der Waals surface area contributed by atoms with Crippen LogP contribution in [0.15, 0.2) is 24.4 Å². The minimum atomic E-state index is -0.820. The number of carboxylic acid groups (broad SMARTS) is 1. The highest BCUT2D eigenvalue weighted by molar-refractivity contribution is 5.84. The van der Waals surface area contributed by atoms with Gasteiger partial charge < -0.3 is 9.67 Å². The van der Waals surface area contributed by atoms with Crippen molar-refractivity contribution in [2.75, 3.05) is 0 Å². The topological polar surface area (TPSA) is 42.2 Å². The second-order valence-corrected chi connectivity index (χ2v) is 3.82. The highest BCUT2D eigenvalue weighted by atomic mass is 19.1. The lowest BCUT2D eigenvalue weighted by Crippen LogP contribution is -1.96. The number of benzene rings is 1. The summed E-state index contributed by atoms with van der Waals surface area (Å²) in [7, 11) is 1.83. The van der Waals surface area contributed by atoms with E-state index in [4.69, 9.17) is 5.11 Å². The molecule has 0 bridgehead atoms. The molecule has 3 nitrogen and oxygen atoms in total. The number of halogens is 1. The van der Waals surface area contributed by atoms with Gasteiger partial charge in [-0.15, -0.1) is 0 Å². The van der Waals surface area contributed by atoms with Gasteiger partial charge in [0.2, 0.25) is 0 Å². The van der Waals surface area contributed by atoms with Gasteiger partial charge in [-0.1, -0.05) is 0 Å². The molecular weight excluding hydrogens is 209 g/mol. The fourth-order valence-corrected chi connectivity index (χ4v) is 1.88. The zero-order valence-electron chi connectivity index (χ0n) is 8.90. The molecule has 16 heavy (non-hydrogen) atoms. The fourth-order valence-electron chi connectivity index (χ4n) is 1.88. The van der Waals surface area contributed by atoms with E-state index in [1.807, 2.05) is 17.8 Å². The Bertz CT molecular complexity index is 545. The van der Waals surface area contributed by atoms with Crippen LogP contribution in [0.25, 0.3) is 10.9 Å². The van der Waals surface area contributed by atoms with Gasteiger partial charge in [0.1, 0.15) is 5.82 Å². The predicted octanol–water partition coefficient (Wildman–Crippen LogP) is 2.33. The molecule has 1 heterocycles. The first kappa shape index (κ1) is 10.7. The molecule has 0 aliphatic heterocycles. The predicted molar refractivity (Wildman–Crippen MR) is 58.8 cm³/mol. The average Bonchev–Trinajstić information content (AvgIpc) is 2.53. The molecule has 1 aromatic carbocycles. The standard InChI is InChI=1S/C12H12FNO2/c1-14-7-8(2-5-12(15)16)10-4-3-9(13)6-11(10)14/h3-4,6-7H,2,5H2,1H3,(H,15,16). The number of aliphatic carboxylic acids is 1. The number of carboxylic acids is 1. The Labute approximate surface area is 92.1 Å². The molecule has 4 heteroatoms. The Kier molecular flexibility index (Phi) is 2.64. The first-order valence-electron chi connectivity index (χ1n) is 5.03. The summed E-state index contributed by atoms with van der Waals surface area (Å²) in [6, 6.07) is 4.55. The molecular formula is C12H12FNO2. The van der Waals surface area contributed by atoms with Crippen molar-refractivity contribution in [3.63, 3.8) is 0 Å². The highest BCUT2D eigenvalue weighted by Crippen LogP contribution is 2.22. The minimum Gasteiger partial charge on any atom is -0.481 e. The number of hydrogen-bond donors (Lipinski definition) is 1. The molecule has 0 fully saturated rings. The summed E-state index contributed by atoms with van der Waals surface area (Å²) in [5.74, 6) is -1.10. The zero-order valence-corrected chi connectivity index (χ0v) is 8.90. The van der Waals surface area contributed by atoms with E-state index in [9.17, 15) is 9.18 Å². The monoisotopic (exact) mass is 221 g/mol. The van der Waals surface area contributed by atoms with E-state index in [2.05, 4.69) is 0 Å². The first-order valence-corrected chi connectivity index (χ1v) is 5.03. The van der Waals surface area contributed by atoms with E-state index < -0.39 is 5.97 Å². The van der Waals surface area contributed by atoms with E-state index in [0.717, 1.165) is 16.5 Å². The lowest BCUT2D eigenvalue weighted by atomic mass is 10.1. The lowest BCUT2D eigenvalue weighted by molar-refractivity contribution is -0.136. The number of nitrogens with zero attached hydrogens (tertiary/aromatic N) is 1. The molecule has 0 unspecified atom stereocenters. The van der Waals surface area contributed by atoms with E-state index in [0.29, 0.717) is 6.42 Å². The summed E-state index contributed by atoms with van der Waals surface area (Å²) in [4.78, 5) is 10.5. The van der Waals surface area contributed by atoms with Crippen molar-refractivity contribution in [3.8, 4) is 0 Å². The molecule has 0 saturated carbocycles. The zero-order chi connectivity index (χ0) is 11.7. The molecule has 1 N–H and O–H groups in total. The smallest absolute Gasteiger partial charge is 0.303 e. The third kappa shape index (κ3) is 1.91. The number of fused-ring (bicyclic) bond motifs is 1. The molecule has 0 radical (unpaired) electrons. The van der Waals surface area contributed by atoms with Crippen LogP contribution >= 0.6 is 0 Å². The van der Waals surface area contributed by atoms with Crippen LogP contribution in [-0.2, 0) is 18.3 Å². The Morgan fingerprint density at radius 2 is 2.25 bits per heavy atom. The van der Waals surface area contributed by atoms with Gasteiger partial charge >= 0.3 is 5.97 Å². The van der Waals surface area contributed by atoms with Crippen molar-refractivity contribution in [1.82, 2.24) is 4.57 Å². The summed E-state index contributed by atoms with van der Waals surface area (Å²) >= 11 is 0. The molecule has 0 saturated heterocycles. The average molecular weight is 221 g/mol. The molecule has 1 aromatic heterocycles.